The average molecular weight is 371 g/mol. The smallest absolute Gasteiger partial charge is 0.234 e. The molecule has 2 aromatic rings. The molecular formula is C22H27ClN2O. The van der Waals surface area contributed by atoms with Crippen LogP contribution >= 0.6 is 11.6 Å². The third-order valence-electron chi connectivity index (χ3n) is 5.17. The Morgan fingerprint density at radius 2 is 1.88 bits per heavy atom. The first kappa shape index (κ1) is 18.9. The number of piperidine rings is 1. The Morgan fingerprint density at radius 3 is 2.58 bits per heavy atom. The molecule has 1 heterocycles. The van der Waals surface area contributed by atoms with Crippen LogP contribution in [0.5, 0.6) is 0 Å². The summed E-state index contributed by atoms with van der Waals surface area (Å²) in [6.45, 7) is 4.46. The van der Waals surface area contributed by atoms with Crippen molar-refractivity contribution in [2.75, 3.05) is 19.6 Å². The summed E-state index contributed by atoms with van der Waals surface area (Å²) in [7, 11) is 0. The largest absolute Gasteiger partial charge is 0.348 e. The molecule has 0 aromatic heterocycles. The summed E-state index contributed by atoms with van der Waals surface area (Å²) in [6.07, 6.45) is 3.46. The van der Waals surface area contributed by atoms with Crippen molar-refractivity contribution in [2.45, 2.75) is 32.2 Å². The molecule has 0 spiro atoms. The zero-order valence-corrected chi connectivity index (χ0v) is 16.1. The molecule has 138 valence electrons. The molecule has 1 N–H and O–H groups in total. The number of likely N-dealkylation sites (tertiary alicyclic amines) is 1. The van der Waals surface area contributed by atoms with E-state index < -0.39 is 0 Å². The zero-order chi connectivity index (χ0) is 18.4. The maximum absolute atomic E-state index is 12.4. The maximum atomic E-state index is 12.4. The Hall–Kier alpha value is -1.84. The molecule has 1 unspecified atom stereocenters. The Morgan fingerprint density at radius 1 is 1.15 bits per heavy atom. The van der Waals surface area contributed by atoms with E-state index in [2.05, 4.69) is 40.5 Å². The third kappa shape index (κ3) is 5.58. The molecule has 2 aromatic carbocycles. The van der Waals surface area contributed by atoms with E-state index in [9.17, 15) is 4.79 Å². The van der Waals surface area contributed by atoms with Gasteiger partial charge in [-0.25, -0.2) is 0 Å². The second kappa shape index (κ2) is 9.20. The van der Waals surface area contributed by atoms with Gasteiger partial charge in [0, 0.05) is 5.02 Å². The second-order valence-corrected chi connectivity index (χ2v) is 7.69. The van der Waals surface area contributed by atoms with E-state index in [1.807, 2.05) is 31.2 Å². The van der Waals surface area contributed by atoms with Gasteiger partial charge in [-0.3, -0.25) is 9.69 Å². The van der Waals surface area contributed by atoms with E-state index >= 15 is 0 Å². The number of amides is 1. The monoisotopic (exact) mass is 370 g/mol. The molecule has 0 aliphatic carbocycles. The van der Waals surface area contributed by atoms with Gasteiger partial charge < -0.3 is 5.32 Å². The molecule has 1 amide bonds. The van der Waals surface area contributed by atoms with Crippen LogP contribution in [0.1, 0.15) is 36.9 Å². The first-order valence-electron chi connectivity index (χ1n) is 9.41. The van der Waals surface area contributed by atoms with E-state index in [1.54, 1.807) is 0 Å². The molecule has 1 aliphatic rings. The van der Waals surface area contributed by atoms with Crippen molar-refractivity contribution in [1.82, 2.24) is 10.2 Å². The van der Waals surface area contributed by atoms with Crippen LogP contribution in [0.25, 0.3) is 0 Å². The molecule has 0 saturated carbocycles. The van der Waals surface area contributed by atoms with Crippen LogP contribution in [-0.2, 0) is 11.2 Å². The van der Waals surface area contributed by atoms with Gasteiger partial charge in [0.05, 0.1) is 12.6 Å². The molecule has 1 saturated heterocycles. The summed E-state index contributed by atoms with van der Waals surface area (Å²) in [6, 6.07) is 18.3. The summed E-state index contributed by atoms with van der Waals surface area (Å²) < 4.78 is 0. The average Bonchev–Trinajstić information content (AvgIpc) is 2.64. The fourth-order valence-corrected chi connectivity index (χ4v) is 3.84. The van der Waals surface area contributed by atoms with Crippen molar-refractivity contribution in [3.63, 3.8) is 0 Å². The number of benzene rings is 2. The quantitative estimate of drug-likeness (QED) is 0.813. The van der Waals surface area contributed by atoms with Crippen molar-refractivity contribution in [2.24, 2.45) is 5.92 Å². The number of hydrogen-bond acceptors (Lipinski definition) is 2. The van der Waals surface area contributed by atoms with Crippen molar-refractivity contribution >= 4 is 17.5 Å². The van der Waals surface area contributed by atoms with Gasteiger partial charge in [0.2, 0.25) is 5.91 Å². The fraction of sp³-hybridized carbons (Fsp3) is 0.409. The van der Waals surface area contributed by atoms with Crippen molar-refractivity contribution in [3.8, 4) is 0 Å². The van der Waals surface area contributed by atoms with Crippen LogP contribution in [0.2, 0.25) is 5.02 Å². The van der Waals surface area contributed by atoms with Gasteiger partial charge in [-0.05, 0) is 68.5 Å². The molecule has 3 rings (SSSR count). The standard InChI is InChI=1S/C22H27ClN2O/c1-17(20-8-5-9-21(23)15-20)24-22(26)16-25-12-10-19(11-13-25)14-18-6-3-2-4-7-18/h2-9,15,17,19H,10-14,16H2,1H3,(H,24,26). The normalized spacial score (nSPS) is 17.0. The summed E-state index contributed by atoms with van der Waals surface area (Å²) in [4.78, 5) is 14.6. The van der Waals surface area contributed by atoms with Crippen LogP contribution in [0.4, 0.5) is 0 Å². The first-order chi connectivity index (χ1) is 12.6. The minimum absolute atomic E-state index is 0.0307. The number of nitrogens with one attached hydrogen (secondary N) is 1. The van der Waals surface area contributed by atoms with E-state index in [4.69, 9.17) is 11.6 Å². The van der Waals surface area contributed by atoms with Crippen LogP contribution in [0.3, 0.4) is 0 Å². The Bertz CT molecular complexity index is 711. The highest BCUT2D eigenvalue weighted by Gasteiger charge is 2.21. The molecule has 1 atom stereocenters. The lowest BCUT2D eigenvalue weighted by molar-refractivity contribution is -0.123. The summed E-state index contributed by atoms with van der Waals surface area (Å²) >= 11 is 6.03. The number of carbonyl (C=O) groups is 1. The summed E-state index contributed by atoms with van der Waals surface area (Å²) in [5.74, 6) is 0.807. The zero-order valence-electron chi connectivity index (χ0n) is 15.3. The minimum Gasteiger partial charge on any atom is -0.348 e. The van der Waals surface area contributed by atoms with Gasteiger partial charge in [0.15, 0.2) is 0 Å². The molecule has 4 heteroatoms. The number of halogens is 1. The van der Waals surface area contributed by atoms with Gasteiger partial charge in [-0.2, -0.15) is 0 Å². The van der Waals surface area contributed by atoms with Crippen LogP contribution in [-0.4, -0.2) is 30.4 Å². The Labute approximate surface area is 161 Å². The van der Waals surface area contributed by atoms with Gasteiger partial charge in [-0.15, -0.1) is 0 Å². The SMILES string of the molecule is CC(NC(=O)CN1CCC(Cc2ccccc2)CC1)c1cccc(Cl)c1. The predicted octanol–water partition coefficient (Wildman–Crippen LogP) is 4.47. The van der Waals surface area contributed by atoms with Crippen LogP contribution in [0.15, 0.2) is 54.6 Å². The molecule has 3 nitrogen and oxygen atoms in total. The molecule has 1 aliphatic heterocycles. The van der Waals surface area contributed by atoms with Crippen molar-refractivity contribution in [1.29, 1.82) is 0 Å². The first-order valence-corrected chi connectivity index (χ1v) is 9.79. The summed E-state index contributed by atoms with van der Waals surface area (Å²) in [5, 5.41) is 3.78. The van der Waals surface area contributed by atoms with E-state index in [-0.39, 0.29) is 11.9 Å². The second-order valence-electron chi connectivity index (χ2n) is 7.25. The molecule has 0 bridgehead atoms. The summed E-state index contributed by atoms with van der Waals surface area (Å²) in [5.41, 5.74) is 2.45. The van der Waals surface area contributed by atoms with Crippen LogP contribution < -0.4 is 5.32 Å². The van der Waals surface area contributed by atoms with E-state index in [0.717, 1.165) is 43.8 Å². The third-order valence-corrected chi connectivity index (χ3v) is 5.40. The number of carbonyl (C=O) groups excluding carboxylic acids is 1. The lowest BCUT2D eigenvalue weighted by Crippen LogP contribution is -2.42. The Balaban J connectivity index is 1.42. The highest BCUT2D eigenvalue weighted by atomic mass is 35.5. The topological polar surface area (TPSA) is 32.3 Å². The lowest BCUT2D eigenvalue weighted by atomic mass is 9.90. The molecule has 0 radical (unpaired) electrons. The minimum atomic E-state index is -0.0307. The Kier molecular flexibility index (Phi) is 6.70. The van der Waals surface area contributed by atoms with E-state index in [1.165, 1.54) is 5.56 Å². The number of rotatable bonds is 6. The van der Waals surface area contributed by atoms with Gasteiger partial charge >= 0.3 is 0 Å². The van der Waals surface area contributed by atoms with E-state index in [0.29, 0.717) is 11.6 Å². The number of hydrogen-bond donors (Lipinski definition) is 1. The van der Waals surface area contributed by atoms with Gasteiger partial charge in [0.25, 0.3) is 0 Å². The molecule has 1 fully saturated rings. The van der Waals surface area contributed by atoms with Crippen molar-refractivity contribution < 1.29 is 4.79 Å². The van der Waals surface area contributed by atoms with Gasteiger partial charge in [0.1, 0.15) is 0 Å². The fourth-order valence-electron chi connectivity index (χ4n) is 3.65. The van der Waals surface area contributed by atoms with Crippen LogP contribution in [0, 0.1) is 5.92 Å². The highest BCUT2D eigenvalue weighted by Crippen LogP contribution is 2.22. The lowest BCUT2D eigenvalue weighted by Gasteiger charge is -2.31. The molecule has 26 heavy (non-hydrogen) atoms. The maximum Gasteiger partial charge on any atom is 0.234 e. The van der Waals surface area contributed by atoms with Gasteiger partial charge in [-0.1, -0.05) is 54.1 Å². The predicted molar refractivity (Wildman–Crippen MR) is 107 cm³/mol. The molecular weight excluding hydrogens is 344 g/mol. The number of nitrogens with zero attached hydrogens (tertiary/aromatic N) is 1. The van der Waals surface area contributed by atoms with Crippen molar-refractivity contribution in [3.05, 3.63) is 70.7 Å². The highest BCUT2D eigenvalue weighted by molar-refractivity contribution is 6.30.